The van der Waals surface area contributed by atoms with Gasteiger partial charge in [-0.05, 0) is 18.2 Å². The van der Waals surface area contributed by atoms with Gasteiger partial charge in [0.15, 0.2) is 11.3 Å². The number of pyridine rings is 1. The Morgan fingerprint density at radius 2 is 2.04 bits per heavy atom. The molecule has 1 aromatic carbocycles. The second-order valence-electron chi connectivity index (χ2n) is 5.37. The Labute approximate surface area is 159 Å². The molecule has 3 aromatic rings. The maximum atomic E-state index is 12.7. The van der Waals surface area contributed by atoms with Gasteiger partial charge in [-0.3, -0.25) is 4.79 Å². The van der Waals surface area contributed by atoms with E-state index in [2.05, 4.69) is 10.3 Å². The zero-order chi connectivity index (χ0) is 18.8. The second kappa shape index (κ2) is 7.24. The number of nitrogens with one attached hydrogen (secondary N) is 1. The van der Waals surface area contributed by atoms with Gasteiger partial charge in [-0.25, -0.2) is 4.98 Å². The highest BCUT2D eigenvalue weighted by molar-refractivity contribution is 6.40. The minimum atomic E-state index is -0.505. The lowest BCUT2D eigenvalue weighted by Gasteiger charge is -2.10. The monoisotopic (exact) mass is 389 g/mol. The van der Waals surface area contributed by atoms with E-state index in [4.69, 9.17) is 37.6 Å². The van der Waals surface area contributed by atoms with Crippen LogP contribution in [0.2, 0.25) is 10.0 Å². The van der Waals surface area contributed by atoms with Crippen LogP contribution >= 0.6 is 23.2 Å². The molecule has 0 spiro atoms. The summed E-state index contributed by atoms with van der Waals surface area (Å²) in [5.74, 6) is 0.634. The molecule has 1 amide bonds. The predicted octanol–water partition coefficient (Wildman–Crippen LogP) is 4.83. The van der Waals surface area contributed by atoms with E-state index in [1.54, 1.807) is 6.07 Å². The van der Waals surface area contributed by atoms with Crippen molar-refractivity contribution in [2.24, 2.45) is 0 Å². The fourth-order valence-electron chi connectivity index (χ4n) is 2.48. The van der Waals surface area contributed by atoms with Gasteiger partial charge in [0.2, 0.25) is 0 Å². The maximum Gasteiger partial charge on any atom is 0.275 e. The van der Waals surface area contributed by atoms with E-state index in [1.807, 2.05) is 13.0 Å². The van der Waals surface area contributed by atoms with Gasteiger partial charge < -0.3 is 14.5 Å². The van der Waals surface area contributed by atoms with Gasteiger partial charge in [-0.15, -0.1) is 0 Å². The molecule has 0 fully saturated rings. The normalized spacial score (nSPS) is 10.6. The third kappa shape index (κ3) is 3.19. The van der Waals surface area contributed by atoms with Crippen LogP contribution in [0.3, 0.4) is 0 Å². The molecular formula is C18H13Cl2N3O3. The van der Waals surface area contributed by atoms with Crippen LogP contribution in [0.1, 0.15) is 28.7 Å². The van der Waals surface area contributed by atoms with E-state index in [-0.39, 0.29) is 21.4 Å². The molecule has 0 saturated heterocycles. The number of halogens is 2. The highest BCUT2D eigenvalue weighted by atomic mass is 35.5. The Morgan fingerprint density at radius 1 is 1.35 bits per heavy atom. The van der Waals surface area contributed by atoms with Crippen LogP contribution in [-0.2, 0) is 6.42 Å². The highest BCUT2D eigenvalue weighted by Gasteiger charge is 2.20. The summed E-state index contributed by atoms with van der Waals surface area (Å²) in [5.41, 5.74) is 1.11. The first-order valence-corrected chi connectivity index (χ1v) is 8.40. The number of hydrogen-bond donors (Lipinski definition) is 1. The summed E-state index contributed by atoms with van der Waals surface area (Å²) in [6, 6.07) is 6.55. The largest absolute Gasteiger partial charge is 0.491 e. The van der Waals surface area contributed by atoms with Gasteiger partial charge in [-0.2, -0.15) is 5.26 Å². The minimum absolute atomic E-state index is 0.153. The van der Waals surface area contributed by atoms with E-state index in [9.17, 15) is 4.79 Å². The van der Waals surface area contributed by atoms with Crippen LogP contribution < -0.4 is 10.1 Å². The number of benzene rings is 1. The molecule has 26 heavy (non-hydrogen) atoms. The lowest BCUT2D eigenvalue weighted by atomic mass is 10.2. The number of rotatable bonds is 4. The SMILES string of the molecule is CCc1cc2c(C(=O)Nc3c(Cl)cc(C#N)cc3Cl)ncc(OC)c2o1. The van der Waals surface area contributed by atoms with Crippen LogP contribution in [-0.4, -0.2) is 18.0 Å². The van der Waals surface area contributed by atoms with Crippen molar-refractivity contribution in [3.8, 4) is 11.8 Å². The smallest absolute Gasteiger partial charge is 0.275 e. The van der Waals surface area contributed by atoms with Crippen molar-refractivity contribution in [3.63, 3.8) is 0 Å². The maximum absolute atomic E-state index is 12.7. The third-order valence-electron chi connectivity index (χ3n) is 3.77. The van der Waals surface area contributed by atoms with Crippen LogP contribution in [0, 0.1) is 11.3 Å². The van der Waals surface area contributed by atoms with Crippen LogP contribution in [0.15, 0.2) is 28.8 Å². The predicted molar refractivity (Wildman–Crippen MR) is 99.1 cm³/mol. The van der Waals surface area contributed by atoms with Crippen molar-refractivity contribution in [1.82, 2.24) is 4.98 Å². The zero-order valence-electron chi connectivity index (χ0n) is 13.9. The van der Waals surface area contributed by atoms with Gasteiger partial charge >= 0.3 is 0 Å². The van der Waals surface area contributed by atoms with Crippen molar-refractivity contribution >= 4 is 45.8 Å². The number of ether oxygens (including phenoxy) is 1. The molecule has 0 aliphatic carbocycles. The molecule has 0 saturated carbocycles. The van der Waals surface area contributed by atoms with Crippen LogP contribution in [0.4, 0.5) is 5.69 Å². The zero-order valence-corrected chi connectivity index (χ0v) is 15.4. The van der Waals surface area contributed by atoms with E-state index >= 15 is 0 Å². The molecule has 0 aliphatic heterocycles. The average molecular weight is 390 g/mol. The first-order chi connectivity index (χ1) is 12.5. The fraction of sp³-hybridized carbons (Fsp3) is 0.167. The molecule has 2 aromatic heterocycles. The molecule has 0 radical (unpaired) electrons. The fourth-order valence-corrected chi connectivity index (χ4v) is 3.06. The van der Waals surface area contributed by atoms with Gasteiger partial charge in [0, 0.05) is 6.42 Å². The summed E-state index contributed by atoms with van der Waals surface area (Å²) < 4.78 is 11.0. The molecule has 0 unspecified atom stereocenters. The van der Waals surface area contributed by atoms with Crippen LogP contribution in [0.25, 0.3) is 11.0 Å². The Morgan fingerprint density at radius 3 is 2.62 bits per heavy atom. The summed E-state index contributed by atoms with van der Waals surface area (Å²) >= 11 is 12.3. The molecule has 8 heteroatoms. The van der Waals surface area contributed by atoms with Gasteiger partial charge in [0.1, 0.15) is 11.5 Å². The summed E-state index contributed by atoms with van der Waals surface area (Å²) in [5, 5.41) is 12.4. The van der Waals surface area contributed by atoms with Crippen molar-refractivity contribution in [3.05, 3.63) is 51.5 Å². The number of fused-ring (bicyclic) bond motifs is 1. The summed E-state index contributed by atoms with van der Waals surface area (Å²) in [6.45, 7) is 1.94. The molecule has 6 nitrogen and oxygen atoms in total. The summed E-state index contributed by atoms with van der Waals surface area (Å²) in [6.07, 6.45) is 2.08. The Balaban J connectivity index is 2.04. The van der Waals surface area contributed by atoms with Gasteiger partial charge in [0.05, 0.1) is 46.1 Å². The van der Waals surface area contributed by atoms with Crippen molar-refractivity contribution in [1.29, 1.82) is 5.26 Å². The average Bonchev–Trinajstić information content (AvgIpc) is 3.07. The number of hydrogen-bond acceptors (Lipinski definition) is 5. The number of carbonyl (C=O) groups is 1. The molecule has 2 heterocycles. The van der Waals surface area contributed by atoms with E-state index in [0.29, 0.717) is 34.5 Å². The van der Waals surface area contributed by atoms with Gasteiger partial charge in [0.25, 0.3) is 5.91 Å². The number of nitriles is 1. The minimum Gasteiger partial charge on any atom is -0.491 e. The number of aromatic nitrogens is 1. The highest BCUT2D eigenvalue weighted by Crippen LogP contribution is 2.34. The lowest BCUT2D eigenvalue weighted by Crippen LogP contribution is -2.15. The Bertz CT molecular complexity index is 1030. The first kappa shape index (κ1) is 18.1. The Kier molecular flexibility index (Phi) is 5.03. The quantitative estimate of drug-likeness (QED) is 0.689. The number of furan rings is 1. The second-order valence-corrected chi connectivity index (χ2v) is 6.18. The van der Waals surface area contributed by atoms with Crippen molar-refractivity contribution < 1.29 is 13.9 Å². The molecule has 132 valence electrons. The molecule has 0 atom stereocenters. The number of amides is 1. The molecule has 0 bridgehead atoms. The lowest BCUT2D eigenvalue weighted by molar-refractivity contribution is 0.102. The third-order valence-corrected chi connectivity index (χ3v) is 4.36. The standard InChI is InChI=1S/C18H13Cl2N3O3/c1-3-10-6-11-15(22-8-14(25-2)17(11)26-10)18(24)23-16-12(19)4-9(7-21)5-13(16)20/h4-6,8H,3H2,1-2H3,(H,23,24). The molecule has 1 N–H and O–H groups in total. The number of nitrogens with zero attached hydrogens (tertiary/aromatic N) is 2. The Hall–Kier alpha value is -2.75. The van der Waals surface area contributed by atoms with Crippen molar-refractivity contribution in [2.75, 3.05) is 12.4 Å². The summed E-state index contributed by atoms with van der Waals surface area (Å²) in [7, 11) is 1.50. The molecule has 0 aliphatic rings. The topological polar surface area (TPSA) is 88.2 Å². The van der Waals surface area contributed by atoms with E-state index in [0.717, 1.165) is 0 Å². The number of methoxy groups -OCH3 is 1. The van der Waals surface area contributed by atoms with Crippen molar-refractivity contribution in [2.45, 2.75) is 13.3 Å². The van der Waals surface area contributed by atoms with E-state index in [1.165, 1.54) is 25.4 Å². The molecular weight excluding hydrogens is 377 g/mol. The van der Waals surface area contributed by atoms with Gasteiger partial charge in [-0.1, -0.05) is 30.1 Å². The number of anilines is 1. The number of carbonyl (C=O) groups excluding carboxylic acids is 1. The summed E-state index contributed by atoms with van der Waals surface area (Å²) in [4.78, 5) is 16.9. The molecule has 3 rings (SSSR count). The van der Waals surface area contributed by atoms with E-state index < -0.39 is 5.91 Å². The first-order valence-electron chi connectivity index (χ1n) is 7.64. The van der Waals surface area contributed by atoms with Crippen LogP contribution in [0.5, 0.6) is 5.75 Å². The number of aryl methyl sites for hydroxylation is 1.